The van der Waals surface area contributed by atoms with Gasteiger partial charge in [-0.05, 0) is 71.7 Å². The first-order chi connectivity index (χ1) is 27.2. The molecule has 58 heavy (non-hydrogen) atoms. The molecule has 0 fully saturated rings. The molecule has 2 aromatic carbocycles. The Morgan fingerprint density at radius 3 is 1.57 bits per heavy atom. The van der Waals surface area contributed by atoms with Crippen molar-refractivity contribution in [2.24, 2.45) is 0 Å². The normalized spacial score (nSPS) is 13.7. The Labute approximate surface area is 336 Å². The van der Waals surface area contributed by atoms with Crippen LogP contribution in [-0.2, 0) is 59.6 Å². The molecule has 0 radical (unpaired) electrons. The van der Waals surface area contributed by atoms with Crippen molar-refractivity contribution in [1.29, 1.82) is 0 Å². The number of alkyl carbamates (subject to hydrolysis) is 1. The largest absolute Gasteiger partial charge is 0.493 e. The molecule has 0 aromatic heterocycles. The SMILES string of the molecule is COc1cc2c(c(F)c1OCCCOc1c(OC)cc3c(c1F)CN(C(=O)CCC(=O)OC(C)(C)C)C3)CN(C(=O)CCC(=O)O/C(C)=C/NC(=O)OC(C)(C)C)C2. The van der Waals surface area contributed by atoms with Gasteiger partial charge in [0.25, 0.3) is 0 Å². The third kappa shape index (κ3) is 12.4. The molecule has 0 unspecified atom stereocenters. The topological polar surface area (TPSA) is 168 Å². The summed E-state index contributed by atoms with van der Waals surface area (Å²) in [6, 6.07) is 3.21. The second kappa shape index (κ2) is 19.2. The van der Waals surface area contributed by atoms with Crippen LogP contribution in [0.1, 0.15) is 103 Å². The molecule has 2 aliphatic rings. The Balaban J connectivity index is 1.27. The minimum atomic E-state index is -0.720. The monoisotopic (exact) mass is 817 g/mol. The van der Waals surface area contributed by atoms with Gasteiger partial charge in [-0.2, -0.15) is 0 Å². The summed E-state index contributed by atoms with van der Waals surface area (Å²) in [6.45, 7) is 11.9. The predicted molar refractivity (Wildman–Crippen MR) is 204 cm³/mol. The summed E-state index contributed by atoms with van der Waals surface area (Å²) in [7, 11) is 2.73. The maximum absolute atomic E-state index is 15.8. The number of benzene rings is 2. The molecule has 0 saturated heterocycles. The second-order valence-corrected chi connectivity index (χ2v) is 15.7. The van der Waals surface area contributed by atoms with Crippen LogP contribution in [0.3, 0.4) is 0 Å². The van der Waals surface area contributed by atoms with Crippen molar-refractivity contribution in [2.75, 3.05) is 27.4 Å². The Hall–Kier alpha value is -5.61. The van der Waals surface area contributed by atoms with Gasteiger partial charge < -0.3 is 43.0 Å². The van der Waals surface area contributed by atoms with Crippen molar-refractivity contribution in [3.05, 3.63) is 58.0 Å². The lowest BCUT2D eigenvalue weighted by Gasteiger charge is -2.20. The number of esters is 2. The number of rotatable bonds is 16. The molecule has 4 rings (SSSR count). The highest BCUT2D eigenvalue weighted by molar-refractivity contribution is 5.83. The van der Waals surface area contributed by atoms with Crippen LogP contribution in [0.25, 0.3) is 0 Å². The highest BCUT2D eigenvalue weighted by Gasteiger charge is 2.32. The summed E-state index contributed by atoms with van der Waals surface area (Å²) in [6.07, 6.45) is 0.0590. The molecule has 0 aliphatic carbocycles. The number of carbonyl (C=O) groups is 5. The van der Waals surface area contributed by atoms with Crippen LogP contribution in [0.2, 0.25) is 0 Å². The highest BCUT2D eigenvalue weighted by atomic mass is 19.1. The number of allylic oxidation sites excluding steroid dienone is 1. The van der Waals surface area contributed by atoms with E-state index in [1.807, 2.05) is 0 Å². The summed E-state index contributed by atoms with van der Waals surface area (Å²) < 4.78 is 69.4. The maximum atomic E-state index is 15.8. The minimum absolute atomic E-state index is 0.00130. The molecule has 0 spiro atoms. The zero-order valence-electron chi connectivity index (χ0n) is 34.6. The van der Waals surface area contributed by atoms with Crippen LogP contribution in [-0.4, -0.2) is 78.3 Å². The number of nitrogens with zero attached hydrogens (tertiary/aromatic N) is 2. The summed E-state index contributed by atoms with van der Waals surface area (Å²) in [5.41, 5.74) is 0.244. The predicted octanol–water partition coefficient (Wildman–Crippen LogP) is 6.35. The van der Waals surface area contributed by atoms with Gasteiger partial charge >= 0.3 is 18.0 Å². The molecule has 2 heterocycles. The first kappa shape index (κ1) is 45.1. The summed E-state index contributed by atoms with van der Waals surface area (Å²) >= 11 is 0. The van der Waals surface area contributed by atoms with Gasteiger partial charge in [0, 0.05) is 62.8 Å². The highest BCUT2D eigenvalue weighted by Crippen LogP contribution is 2.40. The van der Waals surface area contributed by atoms with Gasteiger partial charge in [-0.1, -0.05) is 0 Å². The Bertz CT molecular complexity index is 1920. The van der Waals surface area contributed by atoms with Crippen molar-refractivity contribution < 1.29 is 65.9 Å². The quantitative estimate of drug-likeness (QED) is 0.0865. The van der Waals surface area contributed by atoms with E-state index in [-0.39, 0.29) is 117 Å². The van der Waals surface area contributed by atoms with Gasteiger partial charge in [0.15, 0.2) is 34.6 Å². The Morgan fingerprint density at radius 2 is 1.14 bits per heavy atom. The van der Waals surface area contributed by atoms with E-state index in [1.165, 1.54) is 37.1 Å². The van der Waals surface area contributed by atoms with Crippen molar-refractivity contribution in [1.82, 2.24) is 15.1 Å². The van der Waals surface area contributed by atoms with Crippen molar-refractivity contribution in [3.63, 3.8) is 0 Å². The molecule has 0 bridgehead atoms. The van der Waals surface area contributed by atoms with Crippen LogP contribution in [0, 0.1) is 11.6 Å². The van der Waals surface area contributed by atoms with E-state index < -0.39 is 46.8 Å². The van der Waals surface area contributed by atoms with E-state index in [2.05, 4.69) is 5.32 Å². The molecule has 15 nitrogen and oxygen atoms in total. The molecule has 17 heteroatoms. The van der Waals surface area contributed by atoms with Gasteiger partial charge in [0.1, 0.15) is 17.0 Å². The van der Waals surface area contributed by atoms with Gasteiger partial charge in [0.05, 0.1) is 40.3 Å². The zero-order valence-corrected chi connectivity index (χ0v) is 34.6. The number of ether oxygens (including phenoxy) is 7. The van der Waals surface area contributed by atoms with Crippen LogP contribution >= 0.6 is 0 Å². The van der Waals surface area contributed by atoms with Crippen LogP contribution in [0.15, 0.2) is 24.1 Å². The number of carbonyl (C=O) groups excluding carboxylic acids is 5. The summed E-state index contributed by atoms with van der Waals surface area (Å²) in [5.74, 6) is -3.19. The zero-order chi connectivity index (χ0) is 42.9. The fraction of sp³-hybridized carbons (Fsp3) is 0.537. The van der Waals surface area contributed by atoms with Crippen LogP contribution in [0.5, 0.6) is 23.0 Å². The lowest BCUT2D eigenvalue weighted by atomic mass is 10.1. The first-order valence-corrected chi connectivity index (χ1v) is 18.9. The molecule has 318 valence electrons. The van der Waals surface area contributed by atoms with E-state index in [4.69, 9.17) is 33.2 Å². The number of nitrogens with one attached hydrogen (secondary N) is 1. The number of hydrogen-bond donors (Lipinski definition) is 1. The molecule has 0 atom stereocenters. The number of halogens is 2. The molecule has 0 saturated carbocycles. The summed E-state index contributed by atoms with van der Waals surface area (Å²) in [5, 5.41) is 2.36. The number of amides is 3. The van der Waals surface area contributed by atoms with Gasteiger partial charge in [0.2, 0.25) is 11.8 Å². The molecule has 1 N–H and O–H groups in total. The second-order valence-electron chi connectivity index (χ2n) is 15.7. The third-order valence-corrected chi connectivity index (χ3v) is 8.68. The van der Waals surface area contributed by atoms with Crippen molar-refractivity contribution in [2.45, 2.75) is 118 Å². The van der Waals surface area contributed by atoms with Crippen LogP contribution < -0.4 is 24.3 Å². The molecule has 3 amide bonds. The van der Waals surface area contributed by atoms with Crippen molar-refractivity contribution in [3.8, 4) is 23.0 Å². The van der Waals surface area contributed by atoms with E-state index in [9.17, 15) is 24.0 Å². The average Bonchev–Trinajstić information content (AvgIpc) is 3.77. The molecule has 2 aromatic rings. The van der Waals surface area contributed by atoms with E-state index in [0.29, 0.717) is 11.1 Å². The van der Waals surface area contributed by atoms with Gasteiger partial charge in [-0.15, -0.1) is 0 Å². The molecule has 2 aliphatic heterocycles. The lowest BCUT2D eigenvalue weighted by molar-refractivity contribution is -0.156. The Morgan fingerprint density at radius 1 is 0.690 bits per heavy atom. The summed E-state index contributed by atoms with van der Waals surface area (Å²) in [4.78, 5) is 64.9. The third-order valence-electron chi connectivity index (χ3n) is 8.68. The van der Waals surface area contributed by atoms with Crippen molar-refractivity contribution >= 4 is 29.8 Å². The minimum Gasteiger partial charge on any atom is -0.493 e. The lowest BCUT2D eigenvalue weighted by Crippen LogP contribution is -2.30. The fourth-order valence-electron chi connectivity index (χ4n) is 6.11. The molecular formula is C41H53F2N3O12. The Kier molecular flexibility index (Phi) is 14.9. The van der Waals surface area contributed by atoms with E-state index in [0.717, 1.165) is 0 Å². The van der Waals surface area contributed by atoms with Crippen LogP contribution in [0.4, 0.5) is 13.6 Å². The van der Waals surface area contributed by atoms with E-state index >= 15 is 8.78 Å². The smallest absolute Gasteiger partial charge is 0.411 e. The standard InChI is InChI=1S/C41H53F2N3O12/c1-24(19-44-39(51)58-41(5,6)7)56-33(49)13-11-31(47)45-20-25-17-29(52-8)37(35(42)27(25)22-45)54-15-10-16-55-38-30(53-9)18-26-21-46(23-28(26)36(38)43)32(48)12-14-34(50)57-40(2,3)4/h17-19H,10-16,20-23H2,1-9H3,(H,44,51)/b24-19+. The van der Waals surface area contributed by atoms with Gasteiger partial charge in [-0.25, -0.2) is 13.6 Å². The van der Waals surface area contributed by atoms with E-state index in [1.54, 1.807) is 53.7 Å². The van der Waals surface area contributed by atoms with Gasteiger partial charge in [-0.3, -0.25) is 24.5 Å². The maximum Gasteiger partial charge on any atom is 0.411 e. The number of fused-ring (bicyclic) bond motifs is 2. The first-order valence-electron chi connectivity index (χ1n) is 18.9. The number of hydrogen-bond acceptors (Lipinski definition) is 12. The number of methoxy groups -OCH3 is 2. The molecular weight excluding hydrogens is 764 g/mol. The average molecular weight is 818 g/mol. The fourth-order valence-corrected chi connectivity index (χ4v) is 6.11.